The van der Waals surface area contributed by atoms with Crippen LogP contribution in [-0.4, -0.2) is 90.9 Å². The Kier molecular flexibility index (Phi) is 6.67. The van der Waals surface area contributed by atoms with Gasteiger partial charge in [0.1, 0.15) is 39.9 Å². The quantitative estimate of drug-likeness (QED) is 0.302. The van der Waals surface area contributed by atoms with Gasteiger partial charge in [0, 0.05) is 45.3 Å². The van der Waals surface area contributed by atoms with Gasteiger partial charge in [-0.25, -0.2) is 13.8 Å². The van der Waals surface area contributed by atoms with Gasteiger partial charge in [0.15, 0.2) is 11.4 Å². The molecule has 0 amide bonds. The summed E-state index contributed by atoms with van der Waals surface area (Å²) >= 11 is -0.871. The average molecular weight is 582 g/mol. The normalized spacial score (nSPS) is 17.3. The largest absolute Gasteiger partial charge is 0.616 e. The first-order valence-corrected chi connectivity index (χ1v) is 15.0. The minimum atomic E-state index is -0.871. The Morgan fingerprint density at radius 1 is 0.951 bits per heavy atom. The number of nitrogens with two attached hydrogens (primary N) is 1. The van der Waals surface area contributed by atoms with Crippen molar-refractivity contribution in [2.24, 2.45) is 0 Å². The molecular formula is C27H29F2N9O2S. The summed E-state index contributed by atoms with van der Waals surface area (Å²) in [6.07, 6.45) is 3.36. The number of piperazine rings is 1. The van der Waals surface area contributed by atoms with Crippen molar-refractivity contribution in [2.45, 2.75) is 6.54 Å². The van der Waals surface area contributed by atoms with Crippen LogP contribution in [0.4, 0.5) is 26.1 Å². The van der Waals surface area contributed by atoms with Crippen LogP contribution in [0, 0.1) is 11.6 Å². The van der Waals surface area contributed by atoms with Crippen LogP contribution in [0.3, 0.4) is 0 Å². The molecule has 7 rings (SSSR count). The summed E-state index contributed by atoms with van der Waals surface area (Å²) in [4.78, 5) is 15.3. The van der Waals surface area contributed by atoms with Crippen LogP contribution >= 0.6 is 0 Å². The average Bonchev–Trinajstić information content (AvgIpc) is 3.73. The maximum absolute atomic E-state index is 14.8. The van der Waals surface area contributed by atoms with Crippen LogP contribution in [0.2, 0.25) is 0 Å². The second-order valence-corrected chi connectivity index (χ2v) is 12.0. The zero-order valence-electron chi connectivity index (χ0n) is 22.2. The van der Waals surface area contributed by atoms with Gasteiger partial charge in [0.05, 0.1) is 37.1 Å². The number of hydrogen-bond donors (Lipinski definition) is 1. The maximum atomic E-state index is 14.8. The molecule has 41 heavy (non-hydrogen) atoms. The molecule has 4 aromatic heterocycles. The van der Waals surface area contributed by atoms with Gasteiger partial charge in [-0.1, -0.05) is 11.2 Å². The lowest BCUT2D eigenvalue weighted by molar-refractivity contribution is 0.248. The molecule has 2 N–H and O–H groups in total. The van der Waals surface area contributed by atoms with E-state index in [4.69, 9.17) is 10.2 Å². The smallest absolute Gasteiger partial charge is 0.223 e. The molecule has 6 heterocycles. The van der Waals surface area contributed by atoms with E-state index in [0.29, 0.717) is 78.2 Å². The van der Waals surface area contributed by atoms with Gasteiger partial charge in [-0.15, -0.1) is 0 Å². The molecule has 1 aromatic carbocycles. The van der Waals surface area contributed by atoms with E-state index in [9.17, 15) is 13.3 Å². The molecule has 0 radical (unpaired) electrons. The minimum Gasteiger partial charge on any atom is -0.616 e. The fraction of sp³-hybridized carbons (Fsp3) is 0.370. The number of aromatic nitrogens is 5. The third-order valence-electron chi connectivity index (χ3n) is 7.88. The SMILES string of the molecule is Nc1nc2c(ncn2CCN2CCN(c3cc(N4CC[S+]([O-])CC4)c(F)cc3F)CC2)c2cc(-c3ccco3)nn12. The molecule has 0 bridgehead atoms. The molecule has 2 aliphatic rings. The third kappa shape index (κ3) is 4.85. The molecular weight excluding hydrogens is 552 g/mol. The summed E-state index contributed by atoms with van der Waals surface area (Å²) in [5.41, 5.74) is 9.83. The number of anilines is 3. The van der Waals surface area contributed by atoms with E-state index in [1.54, 1.807) is 29.2 Å². The first-order chi connectivity index (χ1) is 19.9. The molecule has 0 aliphatic carbocycles. The van der Waals surface area contributed by atoms with Gasteiger partial charge in [0.25, 0.3) is 0 Å². The first-order valence-electron chi connectivity index (χ1n) is 13.5. The maximum Gasteiger partial charge on any atom is 0.223 e. The van der Waals surface area contributed by atoms with Gasteiger partial charge in [-0.3, -0.25) is 4.90 Å². The van der Waals surface area contributed by atoms with E-state index in [1.165, 1.54) is 0 Å². The first kappa shape index (κ1) is 26.0. The van der Waals surface area contributed by atoms with Crippen LogP contribution in [0.25, 0.3) is 28.1 Å². The lowest BCUT2D eigenvalue weighted by Gasteiger charge is -2.37. The van der Waals surface area contributed by atoms with E-state index in [1.807, 2.05) is 26.5 Å². The van der Waals surface area contributed by atoms with Crippen molar-refractivity contribution in [1.82, 2.24) is 29.0 Å². The number of halogens is 2. The van der Waals surface area contributed by atoms with Crippen molar-refractivity contribution in [3.05, 3.63) is 54.6 Å². The number of hydrogen-bond acceptors (Lipinski definition) is 9. The van der Waals surface area contributed by atoms with Crippen LogP contribution in [0.15, 0.2) is 47.3 Å². The van der Waals surface area contributed by atoms with Crippen LogP contribution < -0.4 is 15.5 Å². The molecule has 2 fully saturated rings. The number of fused-ring (bicyclic) bond motifs is 3. The summed E-state index contributed by atoms with van der Waals surface area (Å²) in [5, 5.41) is 4.52. The molecule has 2 aliphatic heterocycles. The van der Waals surface area contributed by atoms with Crippen molar-refractivity contribution in [2.75, 3.05) is 72.9 Å². The highest BCUT2D eigenvalue weighted by atomic mass is 32.2. The van der Waals surface area contributed by atoms with Crippen molar-refractivity contribution < 1.29 is 17.8 Å². The van der Waals surface area contributed by atoms with E-state index in [0.717, 1.165) is 31.2 Å². The van der Waals surface area contributed by atoms with E-state index in [-0.39, 0.29) is 5.95 Å². The second kappa shape index (κ2) is 10.5. The summed E-state index contributed by atoms with van der Waals surface area (Å²) in [5.74, 6) is 0.761. The Morgan fingerprint density at radius 2 is 1.68 bits per heavy atom. The summed E-state index contributed by atoms with van der Waals surface area (Å²) in [6, 6.07) is 8.11. The zero-order valence-corrected chi connectivity index (χ0v) is 23.1. The molecule has 214 valence electrons. The van der Waals surface area contributed by atoms with Crippen molar-refractivity contribution >= 4 is 45.2 Å². The Morgan fingerprint density at radius 3 is 2.39 bits per heavy atom. The number of imidazole rings is 1. The molecule has 11 nitrogen and oxygen atoms in total. The fourth-order valence-corrected chi connectivity index (χ4v) is 6.67. The van der Waals surface area contributed by atoms with Crippen molar-refractivity contribution in [3.63, 3.8) is 0 Å². The second-order valence-electron chi connectivity index (χ2n) is 10.3. The van der Waals surface area contributed by atoms with Crippen molar-refractivity contribution in [1.29, 1.82) is 0 Å². The van der Waals surface area contributed by atoms with Crippen molar-refractivity contribution in [3.8, 4) is 11.5 Å². The standard InChI is InChI=1S/C27H29F2N9O2S/c28-18-14-19(29)22(36-9-12-41(39)13-10-36)16-21(18)35-6-3-34(4-7-35)5-8-37-17-31-25-23-15-20(24-2-1-11-40-24)33-38(23)27(30)32-26(25)37/h1-2,11,14-17H,3-10,12-13H2,(H2,30,32). The van der Waals surface area contributed by atoms with Gasteiger partial charge in [-0.05, 0) is 24.3 Å². The lowest BCUT2D eigenvalue weighted by atomic mass is 10.2. The van der Waals surface area contributed by atoms with Crippen LogP contribution in [0.5, 0.6) is 0 Å². The molecule has 5 aromatic rings. The predicted octanol–water partition coefficient (Wildman–Crippen LogP) is 2.59. The number of nitrogen functional groups attached to an aromatic ring is 1. The monoisotopic (exact) mass is 581 g/mol. The topological polar surface area (TPSA) is 120 Å². The summed E-state index contributed by atoms with van der Waals surface area (Å²) < 4.78 is 50.2. The molecule has 0 atom stereocenters. The predicted molar refractivity (Wildman–Crippen MR) is 153 cm³/mol. The Hall–Kier alpha value is -3.88. The molecule has 0 spiro atoms. The highest BCUT2D eigenvalue weighted by molar-refractivity contribution is 7.91. The fourth-order valence-electron chi connectivity index (χ4n) is 5.61. The third-order valence-corrected chi connectivity index (χ3v) is 9.15. The zero-order chi connectivity index (χ0) is 28.1. The molecule has 0 saturated carbocycles. The van der Waals surface area contributed by atoms with Crippen LogP contribution in [0.1, 0.15) is 0 Å². The van der Waals surface area contributed by atoms with E-state index in [2.05, 4.69) is 20.0 Å². The highest BCUT2D eigenvalue weighted by Gasteiger charge is 2.26. The Balaban J connectivity index is 1.02. The van der Waals surface area contributed by atoms with Gasteiger partial charge in [-0.2, -0.15) is 14.6 Å². The van der Waals surface area contributed by atoms with Gasteiger partial charge >= 0.3 is 0 Å². The van der Waals surface area contributed by atoms with E-state index < -0.39 is 22.8 Å². The Bertz CT molecular complexity index is 1690. The molecule has 2 saturated heterocycles. The number of benzene rings is 1. The number of nitrogens with zero attached hydrogens (tertiary/aromatic N) is 8. The summed E-state index contributed by atoms with van der Waals surface area (Å²) in [7, 11) is 0. The highest BCUT2D eigenvalue weighted by Crippen LogP contribution is 2.31. The lowest BCUT2D eigenvalue weighted by Crippen LogP contribution is -2.47. The molecule has 0 unspecified atom stereocenters. The van der Waals surface area contributed by atoms with E-state index >= 15 is 0 Å². The Labute approximate surface area is 237 Å². The summed E-state index contributed by atoms with van der Waals surface area (Å²) in [6.45, 7) is 5.12. The minimum absolute atomic E-state index is 0.263. The van der Waals surface area contributed by atoms with Gasteiger partial charge in [0.2, 0.25) is 5.95 Å². The number of furan rings is 1. The van der Waals surface area contributed by atoms with Gasteiger partial charge < -0.3 is 29.1 Å². The molecule has 14 heteroatoms. The number of rotatable bonds is 6. The van der Waals surface area contributed by atoms with Crippen LogP contribution in [-0.2, 0) is 17.7 Å².